The molecule has 0 fully saturated rings. The summed E-state index contributed by atoms with van der Waals surface area (Å²) < 4.78 is 45.0. The predicted octanol–water partition coefficient (Wildman–Crippen LogP) is 3.40. The Kier molecular flexibility index (Phi) is 5.27. The highest BCUT2D eigenvalue weighted by Gasteiger charge is 2.30. The summed E-state index contributed by atoms with van der Waals surface area (Å²) in [6.45, 7) is 0.114. The molecule has 0 atom stereocenters. The van der Waals surface area contributed by atoms with Crippen LogP contribution in [0, 0.1) is 11.3 Å². The fourth-order valence-corrected chi connectivity index (χ4v) is 1.76. The first-order valence-corrected chi connectivity index (χ1v) is 6.65. The van der Waals surface area contributed by atoms with Gasteiger partial charge in [0.1, 0.15) is 23.2 Å². The second kappa shape index (κ2) is 7.37. The molecule has 0 unspecified atom stereocenters. The van der Waals surface area contributed by atoms with Crippen molar-refractivity contribution in [3.63, 3.8) is 0 Å². The third-order valence-electron chi connectivity index (χ3n) is 2.79. The van der Waals surface area contributed by atoms with Crippen LogP contribution in [0.1, 0.15) is 11.3 Å². The van der Waals surface area contributed by atoms with Crippen molar-refractivity contribution in [3.8, 4) is 11.8 Å². The molecule has 5 nitrogen and oxygen atoms in total. The van der Waals surface area contributed by atoms with Gasteiger partial charge in [0.15, 0.2) is 0 Å². The van der Waals surface area contributed by atoms with Crippen molar-refractivity contribution in [2.24, 2.45) is 0 Å². The molecule has 1 aromatic carbocycles. The van der Waals surface area contributed by atoms with Gasteiger partial charge in [0.05, 0.1) is 12.8 Å². The SMILES string of the molecule is N#C/C(=C\c1ccc(OC(F)(F)F)cc1)C(=O)NCc1ccco1. The molecule has 0 saturated heterocycles. The van der Waals surface area contributed by atoms with E-state index in [1.54, 1.807) is 18.2 Å². The Morgan fingerprint density at radius 1 is 1.29 bits per heavy atom. The molecule has 0 aliphatic carbocycles. The molecule has 2 aromatic rings. The number of rotatable bonds is 5. The molecular weight excluding hydrogens is 325 g/mol. The number of carbonyl (C=O) groups is 1. The number of furan rings is 1. The predicted molar refractivity (Wildman–Crippen MR) is 77.3 cm³/mol. The zero-order chi connectivity index (χ0) is 17.6. The van der Waals surface area contributed by atoms with E-state index in [9.17, 15) is 18.0 Å². The van der Waals surface area contributed by atoms with E-state index in [1.165, 1.54) is 24.5 Å². The van der Waals surface area contributed by atoms with E-state index in [-0.39, 0.29) is 17.9 Å². The molecular formula is C16H11F3N2O3. The number of alkyl halides is 3. The van der Waals surface area contributed by atoms with Crippen molar-refractivity contribution in [1.29, 1.82) is 5.26 Å². The number of nitrogens with one attached hydrogen (secondary N) is 1. The molecule has 0 spiro atoms. The number of benzene rings is 1. The smallest absolute Gasteiger partial charge is 0.467 e. The number of carbonyl (C=O) groups excluding carboxylic acids is 1. The van der Waals surface area contributed by atoms with Crippen LogP contribution in [0.15, 0.2) is 52.7 Å². The summed E-state index contributed by atoms with van der Waals surface area (Å²) in [7, 11) is 0. The van der Waals surface area contributed by atoms with Crippen molar-refractivity contribution in [3.05, 3.63) is 59.6 Å². The maximum absolute atomic E-state index is 12.1. The first kappa shape index (κ1) is 17.1. The monoisotopic (exact) mass is 336 g/mol. The third kappa shape index (κ3) is 5.21. The lowest BCUT2D eigenvalue weighted by Crippen LogP contribution is -2.23. The van der Waals surface area contributed by atoms with E-state index in [1.807, 2.05) is 0 Å². The Bertz CT molecular complexity index is 757. The summed E-state index contributed by atoms with van der Waals surface area (Å²) in [6.07, 6.45) is -2.07. The minimum Gasteiger partial charge on any atom is -0.467 e. The summed E-state index contributed by atoms with van der Waals surface area (Å²) in [4.78, 5) is 11.9. The number of nitriles is 1. The van der Waals surface area contributed by atoms with E-state index in [0.29, 0.717) is 11.3 Å². The first-order valence-electron chi connectivity index (χ1n) is 6.65. The molecule has 0 saturated carbocycles. The molecule has 0 aliphatic rings. The van der Waals surface area contributed by atoms with Gasteiger partial charge in [0.2, 0.25) is 0 Å². The van der Waals surface area contributed by atoms with Gasteiger partial charge in [-0.05, 0) is 35.9 Å². The third-order valence-corrected chi connectivity index (χ3v) is 2.79. The first-order chi connectivity index (χ1) is 11.4. The average molecular weight is 336 g/mol. The number of ether oxygens (including phenoxy) is 1. The fourth-order valence-electron chi connectivity index (χ4n) is 1.76. The lowest BCUT2D eigenvalue weighted by atomic mass is 10.1. The van der Waals surface area contributed by atoms with Gasteiger partial charge in [0, 0.05) is 0 Å². The molecule has 1 aromatic heterocycles. The largest absolute Gasteiger partial charge is 0.573 e. The molecule has 1 N–H and O–H groups in total. The van der Waals surface area contributed by atoms with Crippen molar-refractivity contribution in [2.75, 3.05) is 0 Å². The Balaban J connectivity index is 2.03. The van der Waals surface area contributed by atoms with Crippen LogP contribution < -0.4 is 10.1 Å². The highest BCUT2D eigenvalue weighted by molar-refractivity contribution is 6.01. The van der Waals surface area contributed by atoms with Gasteiger partial charge in [-0.25, -0.2) is 0 Å². The number of halogens is 3. The number of hydrogen-bond acceptors (Lipinski definition) is 4. The van der Waals surface area contributed by atoms with Crippen LogP contribution >= 0.6 is 0 Å². The minimum atomic E-state index is -4.78. The zero-order valence-electron chi connectivity index (χ0n) is 12.1. The van der Waals surface area contributed by atoms with Crippen LogP contribution in [0.3, 0.4) is 0 Å². The Hall–Kier alpha value is -3.21. The highest BCUT2D eigenvalue weighted by Crippen LogP contribution is 2.23. The van der Waals surface area contributed by atoms with Gasteiger partial charge in [-0.15, -0.1) is 13.2 Å². The van der Waals surface area contributed by atoms with E-state index >= 15 is 0 Å². The zero-order valence-corrected chi connectivity index (χ0v) is 12.1. The lowest BCUT2D eigenvalue weighted by molar-refractivity contribution is -0.274. The van der Waals surface area contributed by atoms with Crippen molar-refractivity contribution in [2.45, 2.75) is 12.9 Å². The van der Waals surface area contributed by atoms with Gasteiger partial charge >= 0.3 is 6.36 Å². The molecule has 0 radical (unpaired) electrons. The minimum absolute atomic E-state index is 0.114. The van der Waals surface area contributed by atoms with Gasteiger partial charge in [-0.1, -0.05) is 12.1 Å². The number of hydrogen-bond donors (Lipinski definition) is 1. The summed E-state index contributed by atoms with van der Waals surface area (Å²) >= 11 is 0. The van der Waals surface area contributed by atoms with Gasteiger partial charge in [-0.2, -0.15) is 5.26 Å². The lowest BCUT2D eigenvalue weighted by Gasteiger charge is -2.08. The van der Waals surface area contributed by atoms with E-state index in [4.69, 9.17) is 9.68 Å². The molecule has 8 heteroatoms. The van der Waals surface area contributed by atoms with Crippen LogP contribution in [0.4, 0.5) is 13.2 Å². The maximum Gasteiger partial charge on any atom is 0.573 e. The second-order valence-electron chi connectivity index (χ2n) is 4.55. The Morgan fingerprint density at radius 3 is 2.54 bits per heavy atom. The summed E-state index contributed by atoms with van der Waals surface area (Å²) in [5.41, 5.74) is 0.195. The van der Waals surface area contributed by atoms with Crippen LogP contribution in [-0.4, -0.2) is 12.3 Å². The van der Waals surface area contributed by atoms with Crippen molar-refractivity contribution < 1.29 is 27.1 Å². The maximum atomic E-state index is 12.1. The second-order valence-corrected chi connectivity index (χ2v) is 4.55. The fraction of sp³-hybridized carbons (Fsp3) is 0.125. The van der Waals surface area contributed by atoms with E-state index < -0.39 is 12.3 Å². The normalized spacial score (nSPS) is 11.7. The number of nitrogens with zero attached hydrogens (tertiary/aromatic N) is 1. The van der Waals surface area contributed by atoms with Crippen LogP contribution in [0.2, 0.25) is 0 Å². The van der Waals surface area contributed by atoms with Gasteiger partial charge in [-0.3, -0.25) is 4.79 Å². The average Bonchev–Trinajstić information content (AvgIpc) is 3.04. The topological polar surface area (TPSA) is 75.3 Å². The van der Waals surface area contributed by atoms with E-state index in [0.717, 1.165) is 12.1 Å². The molecule has 0 bridgehead atoms. The molecule has 24 heavy (non-hydrogen) atoms. The molecule has 1 amide bonds. The molecule has 2 rings (SSSR count). The Labute approximate surface area is 134 Å². The standard InChI is InChI=1S/C16H11F3N2O3/c17-16(18,19)24-13-5-3-11(4-6-13)8-12(9-20)15(22)21-10-14-2-1-7-23-14/h1-8H,10H2,(H,21,22)/b12-8+. The van der Waals surface area contributed by atoms with Crippen molar-refractivity contribution in [1.82, 2.24) is 5.32 Å². The van der Waals surface area contributed by atoms with Gasteiger partial charge < -0.3 is 14.5 Å². The van der Waals surface area contributed by atoms with E-state index in [2.05, 4.69) is 10.1 Å². The number of amides is 1. The quantitative estimate of drug-likeness (QED) is 0.671. The summed E-state index contributed by atoms with van der Waals surface area (Å²) in [5.74, 6) is -0.487. The molecule has 1 heterocycles. The molecule has 124 valence electrons. The van der Waals surface area contributed by atoms with Crippen LogP contribution in [0.25, 0.3) is 6.08 Å². The highest BCUT2D eigenvalue weighted by atomic mass is 19.4. The van der Waals surface area contributed by atoms with Crippen LogP contribution in [0.5, 0.6) is 5.75 Å². The summed E-state index contributed by atoms with van der Waals surface area (Å²) in [5, 5.41) is 11.5. The van der Waals surface area contributed by atoms with Crippen LogP contribution in [-0.2, 0) is 11.3 Å². The molecule has 0 aliphatic heterocycles. The Morgan fingerprint density at radius 2 is 2.00 bits per heavy atom. The summed E-state index contributed by atoms with van der Waals surface area (Å²) in [6, 6.07) is 9.85. The van der Waals surface area contributed by atoms with Gasteiger partial charge in [0.25, 0.3) is 5.91 Å². The van der Waals surface area contributed by atoms with Crippen molar-refractivity contribution >= 4 is 12.0 Å².